The molecule has 0 aliphatic carbocycles. The average molecular weight is 420 g/mol. The maximum atomic E-state index is 12.8. The molecular formula is C25H24O6. The van der Waals surface area contributed by atoms with Crippen molar-refractivity contribution in [3.8, 4) is 34.3 Å². The second kappa shape index (κ2) is 7.54. The van der Waals surface area contributed by atoms with Gasteiger partial charge in [-0.3, -0.25) is 4.79 Å². The molecule has 0 saturated heterocycles. The Kier molecular flexibility index (Phi) is 5.01. The molecule has 3 aromatic rings. The number of phenols is 3. The van der Waals surface area contributed by atoms with Crippen LogP contribution in [0.2, 0.25) is 0 Å². The highest BCUT2D eigenvalue weighted by molar-refractivity contribution is 5.94. The van der Waals surface area contributed by atoms with Gasteiger partial charge in [0.05, 0.1) is 11.1 Å². The van der Waals surface area contributed by atoms with E-state index in [1.54, 1.807) is 0 Å². The summed E-state index contributed by atoms with van der Waals surface area (Å²) >= 11 is 0. The zero-order valence-electron chi connectivity index (χ0n) is 17.6. The van der Waals surface area contributed by atoms with Crippen LogP contribution >= 0.6 is 0 Å². The van der Waals surface area contributed by atoms with E-state index < -0.39 is 11.0 Å². The number of rotatable bonds is 4. The summed E-state index contributed by atoms with van der Waals surface area (Å²) in [5.74, 6) is -0.0280. The maximum absolute atomic E-state index is 12.8. The van der Waals surface area contributed by atoms with Gasteiger partial charge in [-0.25, -0.2) is 0 Å². The molecule has 2 aromatic carbocycles. The number of fused-ring (bicyclic) bond motifs is 3. The van der Waals surface area contributed by atoms with E-state index in [2.05, 4.69) is 6.08 Å². The van der Waals surface area contributed by atoms with Crippen LogP contribution in [0.5, 0.6) is 23.0 Å². The van der Waals surface area contributed by atoms with E-state index >= 15 is 0 Å². The molecule has 0 amide bonds. The van der Waals surface area contributed by atoms with Crippen molar-refractivity contribution < 1.29 is 24.5 Å². The monoisotopic (exact) mass is 420 g/mol. The van der Waals surface area contributed by atoms with E-state index in [-0.39, 0.29) is 39.5 Å². The molecule has 6 nitrogen and oxygen atoms in total. The molecule has 3 N–H and O–H groups in total. The molecule has 0 radical (unpaired) electrons. The van der Waals surface area contributed by atoms with E-state index in [9.17, 15) is 20.1 Å². The second-order valence-electron chi connectivity index (χ2n) is 8.26. The molecule has 1 atom stereocenters. The Morgan fingerprint density at radius 3 is 2.58 bits per heavy atom. The third-order valence-electron chi connectivity index (χ3n) is 5.37. The fourth-order valence-electron chi connectivity index (χ4n) is 3.74. The van der Waals surface area contributed by atoms with Crippen LogP contribution in [-0.2, 0) is 0 Å². The molecule has 31 heavy (non-hydrogen) atoms. The summed E-state index contributed by atoms with van der Waals surface area (Å²) in [4.78, 5) is 12.8. The second-order valence-corrected chi connectivity index (χ2v) is 8.26. The molecule has 6 heteroatoms. The summed E-state index contributed by atoms with van der Waals surface area (Å²) in [6.07, 6.45) is 7.50. The van der Waals surface area contributed by atoms with E-state index in [1.165, 1.54) is 35.9 Å². The van der Waals surface area contributed by atoms with E-state index in [0.29, 0.717) is 11.3 Å². The molecule has 0 unspecified atom stereocenters. The van der Waals surface area contributed by atoms with Gasteiger partial charge in [0.15, 0.2) is 11.0 Å². The lowest BCUT2D eigenvalue weighted by Gasteiger charge is -2.31. The molecule has 0 spiro atoms. The van der Waals surface area contributed by atoms with Gasteiger partial charge in [0.2, 0.25) is 0 Å². The Bertz CT molecular complexity index is 1290. The first kappa shape index (κ1) is 20.6. The van der Waals surface area contributed by atoms with Gasteiger partial charge in [0.1, 0.15) is 39.7 Å². The van der Waals surface area contributed by atoms with Gasteiger partial charge in [0, 0.05) is 18.2 Å². The minimum absolute atomic E-state index is 0.0437. The van der Waals surface area contributed by atoms with Crippen LogP contribution in [0.1, 0.15) is 39.2 Å². The summed E-state index contributed by atoms with van der Waals surface area (Å²) in [6.45, 7) is 6.06. The topological polar surface area (TPSA) is 100 Å². The lowest BCUT2D eigenvalue weighted by Crippen LogP contribution is -2.31. The van der Waals surface area contributed by atoms with Gasteiger partial charge < -0.3 is 24.5 Å². The van der Waals surface area contributed by atoms with Crippen LogP contribution < -0.4 is 10.2 Å². The Hall–Kier alpha value is -3.67. The van der Waals surface area contributed by atoms with Gasteiger partial charge >= 0.3 is 0 Å². The van der Waals surface area contributed by atoms with Gasteiger partial charge in [-0.1, -0.05) is 11.6 Å². The predicted octanol–water partition coefficient (Wildman–Crippen LogP) is 5.49. The fraction of sp³-hybridized carbons (Fsp3) is 0.240. The smallest absolute Gasteiger partial charge is 0.197 e. The summed E-state index contributed by atoms with van der Waals surface area (Å²) in [7, 11) is 0. The highest BCUT2D eigenvalue weighted by Gasteiger charge is 2.30. The molecule has 0 fully saturated rings. The summed E-state index contributed by atoms with van der Waals surface area (Å²) in [5, 5.41) is 30.3. The van der Waals surface area contributed by atoms with Gasteiger partial charge in [-0.05, 0) is 57.9 Å². The van der Waals surface area contributed by atoms with E-state index in [1.807, 2.05) is 32.9 Å². The van der Waals surface area contributed by atoms with Crippen molar-refractivity contribution in [2.24, 2.45) is 0 Å². The summed E-state index contributed by atoms with van der Waals surface area (Å²) in [6, 6.07) is 6.65. The van der Waals surface area contributed by atoms with Crippen molar-refractivity contribution >= 4 is 17.0 Å². The van der Waals surface area contributed by atoms with Crippen LogP contribution in [-0.4, -0.2) is 20.9 Å². The van der Waals surface area contributed by atoms with Crippen LogP contribution in [0.25, 0.3) is 28.4 Å². The number of ether oxygens (including phenoxy) is 1. The normalized spacial score (nSPS) is 17.3. The first-order valence-corrected chi connectivity index (χ1v) is 10.0. The van der Waals surface area contributed by atoms with Crippen LogP contribution in [0.15, 0.2) is 57.3 Å². The number of allylic oxidation sites excluding steroid dienone is 2. The van der Waals surface area contributed by atoms with E-state index in [4.69, 9.17) is 9.15 Å². The first-order valence-electron chi connectivity index (χ1n) is 10.0. The van der Waals surface area contributed by atoms with Crippen molar-refractivity contribution in [1.29, 1.82) is 0 Å². The lowest BCUT2D eigenvalue weighted by molar-refractivity contribution is 0.128. The lowest BCUT2D eigenvalue weighted by atomic mass is 9.93. The highest BCUT2D eigenvalue weighted by atomic mass is 16.5. The Morgan fingerprint density at radius 2 is 1.87 bits per heavy atom. The Morgan fingerprint density at radius 1 is 1.10 bits per heavy atom. The number of aromatic hydroxyl groups is 3. The number of hydrogen-bond acceptors (Lipinski definition) is 6. The molecule has 1 aliphatic rings. The zero-order chi connectivity index (χ0) is 22.3. The van der Waals surface area contributed by atoms with Crippen LogP contribution in [0.4, 0.5) is 0 Å². The first-order chi connectivity index (χ1) is 14.7. The largest absolute Gasteiger partial charge is 0.508 e. The minimum atomic E-state index is -0.563. The van der Waals surface area contributed by atoms with Gasteiger partial charge in [-0.2, -0.15) is 0 Å². The molecule has 0 saturated carbocycles. The number of benzene rings is 2. The maximum Gasteiger partial charge on any atom is 0.197 e. The predicted molar refractivity (Wildman–Crippen MR) is 120 cm³/mol. The highest BCUT2D eigenvalue weighted by Crippen LogP contribution is 2.42. The van der Waals surface area contributed by atoms with Gasteiger partial charge in [-0.15, -0.1) is 0 Å². The quantitative estimate of drug-likeness (QED) is 0.483. The van der Waals surface area contributed by atoms with Crippen molar-refractivity contribution in [3.63, 3.8) is 0 Å². The van der Waals surface area contributed by atoms with Crippen molar-refractivity contribution in [2.75, 3.05) is 0 Å². The minimum Gasteiger partial charge on any atom is -0.508 e. The van der Waals surface area contributed by atoms with Crippen LogP contribution in [0, 0.1) is 0 Å². The van der Waals surface area contributed by atoms with Crippen molar-refractivity contribution in [3.05, 3.63) is 63.8 Å². The standard InChI is InChI=1S/C25H24O6/c1-14(2)5-4-9-25(3)10-8-17-22(31-25)13-20(29)23-19(28)12-21(30-24(17)23)16-7-6-15(26)11-18(16)27/h5-8,10-13,26-27,29H,4,9H2,1-3H3/t25-/m1/s1. The molecule has 2 heterocycles. The molecule has 1 aliphatic heterocycles. The molecular weight excluding hydrogens is 396 g/mol. The SMILES string of the molecule is CC(C)=CCC[C@]1(C)C=Cc2c(cc(O)c3c(=O)cc(-c4ccc(O)cc4O)oc23)O1. The van der Waals surface area contributed by atoms with Gasteiger partial charge in [0.25, 0.3) is 0 Å². The third-order valence-corrected chi connectivity index (χ3v) is 5.37. The third kappa shape index (κ3) is 3.89. The van der Waals surface area contributed by atoms with E-state index in [0.717, 1.165) is 12.8 Å². The molecule has 4 rings (SSSR count). The van der Waals surface area contributed by atoms with Crippen LogP contribution in [0.3, 0.4) is 0 Å². The molecule has 0 bridgehead atoms. The van der Waals surface area contributed by atoms with Crippen molar-refractivity contribution in [1.82, 2.24) is 0 Å². The van der Waals surface area contributed by atoms with Crippen molar-refractivity contribution in [2.45, 2.75) is 39.2 Å². The Labute approximate surface area is 179 Å². The summed E-state index contributed by atoms with van der Waals surface area (Å²) in [5.41, 5.74) is 1.19. The number of phenolic OH excluding ortho intramolecular Hbond substituents is 3. The molecule has 160 valence electrons. The summed E-state index contributed by atoms with van der Waals surface area (Å²) < 4.78 is 12.2. The Balaban J connectivity index is 1.84. The number of hydrogen-bond donors (Lipinski definition) is 3. The zero-order valence-corrected chi connectivity index (χ0v) is 17.6. The molecule has 1 aromatic heterocycles. The average Bonchev–Trinajstić information content (AvgIpc) is 2.66. The fourth-order valence-corrected chi connectivity index (χ4v) is 3.74.